The number of hydrogen-bond acceptors (Lipinski definition) is 3. The van der Waals surface area contributed by atoms with Gasteiger partial charge in [-0.15, -0.1) is 0 Å². The van der Waals surface area contributed by atoms with Gasteiger partial charge in [-0.3, -0.25) is 5.32 Å². The Morgan fingerprint density at radius 2 is 2.00 bits per heavy atom. The van der Waals surface area contributed by atoms with Gasteiger partial charge in [-0.2, -0.15) is 10.5 Å². The third-order valence-electron chi connectivity index (χ3n) is 1.97. The number of aliphatic imine (C=N–C) groups is 1. The molecule has 0 saturated carbocycles. The Morgan fingerprint density at radius 3 is 2.47 bits per heavy atom. The summed E-state index contributed by atoms with van der Waals surface area (Å²) < 4.78 is 0. The van der Waals surface area contributed by atoms with Crippen LogP contribution in [-0.4, -0.2) is 11.5 Å². The Morgan fingerprint density at radius 1 is 1.32 bits per heavy atom. The summed E-state index contributed by atoms with van der Waals surface area (Å²) in [5, 5.41) is 23.3. The minimum absolute atomic E-state index is 0.329. The van der Waals surface area contributed by atoms with Crippen LogP contribution in [0.2, 0.25) is 5.02 Å². The largest absolute Gasteiger partial charge is 0.325 e. The SMILES string of the molecule is CC(C)(C)/N=C(/NC#N)Nc1ccc(C#N)c(Cl)c1. The van der Waals surface area contributed by atoms with E-state index in [4.69, 9.17) is 22.1 Å². The normalized spacial score (nSPS) is 11.4. The van der Waals surface area contributed by atoms with E-state index in [2.05, 4.69) is 15.6 Å². The molecule has 1 aromatic carbocycles. The molecule has 0 aliphatic carbocycles. The van der Waals surface area contributed by atoms with Gasteiger partial charge in [0.1, 0.15) is 6.07 Å². The van der Waals surface area contributed by atoms with E-state index in [1.165, 1.54) is 0 Å². The molecule has 0 aromatic heterocycles. The van der Waals surface area contributed by atoms with Crippen LogP contribution in [0.15, 0.2) is 23.2 Å². The van der Waals surface area contributed by atoms with E-state index >= 15 is 0 Å². The summed E-state index contributed by atoms with van der Waals surface area (Å²) in [6.07, 6.45) is 1.82. The van der Waals surface area contributed by atoms with Crippen molar-refractivity contribution in [3.63, 3.8) is 0 Å². The van der Waals surface area contributed by atoms with Crippen molar-refractivity contribution in [1.29, 1.82) is 10.5 Å². The number of benzene rings is 1. The van der Waals surface area contributed by atoms with Crippen molar-refractivity contribution in [2.24, 2.45) is 4.99 Å². The molecule has 0 aliphatic heterocycles. The lowest BCUT2D eigenvalue weighted by Crippen LogP contribution is -2.30. The van der Waals surface area contributed by atoms with E-state index in [1.54, 1.807) is 18.2 Å². The molecule has 5 nitrogen and oxygen atoms in total. The molecule has 0 aliphatic rings. The maximum Gasteiger partial charge on any atom is 0.209 e. The number of nitriles is 2. The number of nitrogens with one attached hydrogen (secondary N) is 2. The third kappa shape index (κ3) is 4.87. The fourth-order valence-corrected chi connectivity index (χ4v) is 1.52. The first kappa shape index (κ1) is 14.8. The van der Waals surface area contributed by atoms with Crippen LogP contribution in [0, 0.1) is 22.8 Å². The van der Waals surface area contributed by atoms with Gasteiger partial charge < -0.3 is 5.32 Å². The van der Waals surface area contributed by atoms with E-state index in [0.29, 0.717) is 22.2 Å². The maximum absolute atomic E-state index is 8.79. The second-order valence-electron chi connectivity index (χ2n) is 4.80. The maximum atomic E-state index is 8.79. The number of nitrogens with zero attached hydrogens (tertiary/aromatic N) is 3. The highest BCUT2D eigenvalue weighted by Crippen LogP contribution is 2.20. The second-order valence-corrected chi connectivity index (χ2v) is 5.21. The molecule has 0 bridgehead atoms. The Bertz CT molecular complexity index is 572. The van der Waals surface area contributed by atoms with E-state index in [9.17, 15) is 0 Å². The van der Waals surface area contributed by atoms with Crippen molar-refractivity contribution < 1.29 is 0 Å². The molecule has 0 heterocycles. The lowest BCUT2D eigenvalue weighted by atomic mass is 10.1. The van der Waals surface area contributed by atoms with Crippen LogP contribution in [0.25, 0.3) is 0 Å². The summed E-state index contributed by atoms with van der Waals surface area (Å²) in [5.74, 6) is 0.329. The summed E-state index contributed by atoms with van der Waals surface area (Å²) in [7, 11) is 0. The van der Waals surface area contributed by atoms with Crippen LogP contribution >= 0.6 is 11.6 Å². The molecule has 2 N–H and O–H groups in total. The van der Waals surface area contributed by atoms with E-state index in [-0.39, 0.29) is 5.54 Å². The lowest BCUT2D eigenvalue weighted by molar-refractivity contribution is 0.581. The predicted molar refractivity (Wildman–Crippen MR) is 75.7 cm³/mol. The Hall–Kier alpha value is -2.24. The Balaban J connectivity index is 2.99. The Labute approximate surface area is 117 Å². The van der Waals surface area contributed by atoms with Gasteiger partial charge in [-0.25, -0.2) is 4.99 Å². The van der Waals surface area contributed by atoms with E-state index in [1.807, 2.05) is 33.0 Å². The summed E-state index contributed by atoms with van der Waals surface area (Å²) in [5.41, 5.74) is 0.715. The summed E-state index contributed by atoms with van der Waals surface area (Å²) >= 11 is 5.94. The van der Waals surface area contributed by atoms with E-state index in [0.717, 1.165) is 0 Å². The molecule has 98 valence electrons. The van der Waals surface area contributed by atoms with Crippen LogP contribution < -0.4 is 10.6 Å². The first-order valence-electron chi connectivity index (χ1n) is 5.57. The average molecular weight is 276 g/mol. The zero-order chi connectivity index (χ0) is 14.5. The van der Waals surface area contributed by atoms with Crippen LogP contribution in [0.1, 0.15) is 26.3 Å². The molecule has 0 unspecified atom stereocenters. The zero-order valence-electron chi connectivity index (χ0n) is 11.0. The molecule has 0 saturated heterocycles. The van der Waals surface area contributed by atoms with Gasteiger partial charge in [-0.1, -0.05) is 11.6 Å². The summed E-state index contributed by atoms with van der Waals surface area (Å²) in [6, 6.07) is 6.89. The molecule has 0 fully saturated rings. The molecular formula is C13H14ClN5. The van der Waals surface area contributed by atoms with Crippen molar-refractivity contribution in [3.8, 4) is 12.3 Å². The van der Waals surface area contributed by atoms with Gasteiger partial charge in [0.25, 0.3) is 0 Å². The molecule has 1 rings (SSSR count). The monoisotopic (exact) mass is 275 g/mol. The van der Waals surface area contributed by atoms with Gasteiger partial charge in [0.2, 0.25) is 5.96 Å². The van der Waals surface area contributed by atoms with Gasteiger partial charge in [-0.05, 0) is 39.0 Å². The van der Waals surface area contributed by atoms with Crippen LogP contribution in [0.4, 0.5) is 5.69 Å². The highest BCUT2D eigenvalue weighted by Gasteiger charge is 2.10. The third-order valence-corrected chi connectivity index (χ3v) is 2.29. The van der Waals surface area contributed by atoms with Crippen LogP contribution in [-0.2, 0) is 0 Å². The zero-order valence-corrected chi connectivity index (χ0v) is 11.7. The van der Waals surface area contributed by atoms with Crippen molar-refractivity contribution >= 4 is 23.2 Å². The van der Waals surface area contributed by atoms with Gasteiger partial charge in [0.05, 0.1) is 16.1 Å². The van der Waals surface area contributed by atoms with Crippen LogP contribution in [0.3, 0.4) is 0 Å². The molecule has 1 aromatic rings. The number of hydrogen-bond donors (Lipinski definition) is 2. The Kier molecular flexibility index (Phi) is 4.74. The fraction of sp³-hybridized carbons (Fsp3) is 0.308. The molecule has 19 heavy (non-hydrogen) atoms. The van der Waals surface area contributed by atoms with Crippen molar-refractivity contribution in [2.45, 2.75) is 26.3 Å². The van der Waals surface area contributed by atoms with Gasteiger partial charge >= 0.3 is 0 Å². The number of rotatable bonds is 1. The molecule has 0 spiro atoms. The second kappa shape index (κ2) is 6.08. The highest BCUT2D eigenvalue weighted by atomic mass is 35.5. The quantitative estimate of drug-likeness (QED) is 0.357. The lowest BCUT2D eigenvalue weighted by Gasteiger charge is -2.16. The number of anilines is 1. The van der Waals surface area contributed by atoms with Gasteiger partial charge in [0, 0.05) is 5.69 Å². The molecular weight excluding hydrogens is 262 g/mol. The highest BCUT2D eigenvalue weighted by molar-refractivity contribution is 6.32. The molecule has 6 heteroatoms. The van der Waals surface area contributed by atoms with Gasteiger partial charge in [0.15, 0.2) is 6.19 Å². The van der Waals surface area contributed by atoms with Crippen molar-refractivity contribution in [1.82, 2.24) is 5.32 Å². The summed E-state index contributed by atoms with van der Waals surface area (Å²) in [6.45, 7) is 5.75. The number of guanidine groups is 1. The minimum Gasteiger partial charge on any atom is -0.325 e. The number of halogens is 1. The van der Waals surface area contributed by atoms with E-state index < -0.39 is 0 Å². The molecule has 0 amide bonds. The molecule has 0 radical (unpaired) electrons. The van der Waals surface area contributed by atoms with Crippen LogP contribution in [0.5, 0.6) is 0 Å². The topological polar surface area (TPSA) is 84.0 Å². The standard InChI is InChI=1S/C13H14ClN5/c1-13(2,3)19-12(17-8-16)18-10-5-4-9(7-15)11(14)6-10/h4-6H,1-3H3,(H2,17,18,19). The first-order valence-corrected chi connectivity index (χ1v) is 5.95. The van der Waals surface area contributed by atoms with Crippen molar-refractivity contribution in [3.05, 3.63) is 28.8 Å². The smallest absolute Gasteiger partial charge is 0.209 e. The first-order chi connectivity index (χ1) is 8.85. The minimum atomic E-state index is -0.331. The predicted octanol–water partition coefficient (Wildman–Crippen LogP) is 2.85. The molecule has 0 atom stereocenters. The van der Waals surface area contributed by atoms with Crippen molar-refractivity contribution in [2.75, 3.05) is 5.32 Å². The fourth-order valence-electron chi connectivity index (χ4n) is 1.30. The summed E-state index contributed by atoms with van der Waals surface area (Å²) in [4.78, 5) is 4.33. The average Bonchev–Trinajstić information content (AvgIpc) is 2.27.